The van der Waals surface area contributed by atoms with Crippen molar-refractivity contribution < 1.29 is 4.79 Å². The minimum Gasteiger partial charge on any atom is -0.322 e. The van der Waals surface area contributed by atoms with Crippen molar-refractivity contribution in [2.24, 2.45) is 0 Å². The summed E-state index contributed by atoms with van der Waals surface area (Å²) >= 11 is 0. The Bertz CT molecular complexity index is 128. The molecular formula is C5H11N2OP. The maximum atomic E-state index is 10.8. The quantitative estimate of drug-likeness (QED) is 0.471. The molecule has 1 aliphatic rings. The molecule has 1 rings (SSSR count). The molecule has 1 amide bonds. The standard InChI is InChI=1S/C5H11N2OP/c1-4-2-6-3-5(8)7(4)9/h4,6H,2-3,9H2,1H3/t4-/m1/s1. The zero-order valence-electron chi connectivity index (χ0n) is 5.42. The van der Waals surface area contributed by atoms with E-state index in [1.807, 2.05) is 6.92 Å². The first kappa shape index (κ1) is 6.97. The van der Waals surface area contributed by atoms with Gasteiger partial charge in [0.2, 0.25) is 5.91 Å². The Morgan fingerprint density at radius 3 is 3.00 bits per heavy atom. The van der Waals surface area contributed by atoms with E-state index < -0.39 is 0 Å². The highest BCUT2D eigenvalue weighted by Crippen LogP contribution is 2.08. The zero-order valence-corrected chi connectivity index (χ0v) is 6.58. The van der Waals surface area contributed by atoms with Crippen molar-refractivity contribution in [1.29, 1.82) is 0 Å². The summed E-state index contributed by atoms with van der Waals surface area (Å²) < 4.78 is 1.69. The van der Waals surface area contributed by atoms with E-state index in [1.165, 1.54) is 0 Å². The van der Waals surface area contributed by atoms with Crippen LogP contribution in [0.5, 0.6) is 0 Å². The third kappa shape index (κ3) is 1.41. The molecule has 4 heteroatoms. The fourth-order valence-electron chi connectivity index (χ4n) is 0.823. The highest BCUT2D eigenvalue weighted by Gasteiger charge is 2.19. The topological polar surface area (TPSA) is 32.3 Å². The van der Waals surface area contributed by atoms with Crippen molar-refractivity contribution in [3.8, 4) is 0 Å². The van der Waals surface area contributed by atoms with Gasteiger partial charge in [0.15, 0.2) is 0 Å². The van der Waals surface area contributed by atoms with Gasteiger partial charge in [-0.1, -0.05) is 0 Å². The van der Waals surface area contributed by atoms with Gasteiger partial charge < -0.3 is 9.99 Å². The number of carbonyl (C=O) groups excluding carboxylic acids is 1. The van der Waals surface area contributed by atoms with Gasteiger partial charge in [-0.15, -0.1) is 0 Å². The van der Waals surface area contributed by atoms with E-state index in [4.69, 9.17) is 0 Å². The smallest absolute Gasteiger partial charge is 0.239 e. The second-order valence-electron chi connectivity index (χ2n) is 2.28. The van der Waals surface area contributed by atoms with Gasteiger partial charge in [0.25, 0.3) is 0 Å². The van der Waals surface area contributed by atoms with E-state index in [1.54, 1.807) is 4.67 Å². The molecule has 1 N–H and O–H groups in total. The van der Waals surface area contributed by atoms with Crippen molar-refractivity contribution in [3.05, 3.63) is 0 Å². The fraction of sp³-hybridized carbons (Fsp3) is 0.800. The van der Waals surface area contributed by atoms with Crippen LogP contribution in [-0.4, -0.2) is 29.7 Å². The van der Waals surface area contributed by atoms with Gasteiger partial charge in [0.1, 0.15) is 0 Å². The monoisotopic (exact) mass is 146 g/mol. The van der Waals surface area contributed by atoms with Crippen LogP contribution in [0.15, 0.2) is 0 Å². The number of piperazine rings is 1. The van der Waals surface area contributed by atoms with Crippen LogP contribution >= 0.6 is 9.39 Å². The van der Waals surface area contributed by atoms with Crippen molar-refractivity contribution in [3.63, 3.8) is 0 Å². The third-order valence-corrected chi connectivity index (χ3v) is 2.28. The molecule has 0 aromatic rings. The van der Waals surface area contributed by atoms with Crippen LogP contribution in [0.25, 0.3) is 0 Å². The summed E-state index contributed by atoms with van der Waals surface area (Å²) in [6.45, 7) is 3.39. The molecule has 1 heterocycles. The van der Waals surface area contributed by atoms with Gasteiger partial charge in [0.05, 0.1) is 6.54 Å². The minimum atomic E-state index is 0.152. The predicted molar refractivity (Wildman–Crippen MR) is 38.9 cm³/mol. The maximum absolute atomic E-state index is 10.8. The summed E-state index contributed by atoms with van der Waals surface area (Å²) in [5.74, 6) is 0.152. The molecule has 0 aliphatic carbocycles. The molecule has 0 radical (unpaired) electrons. The Labute approximate surface area is 57.1 Å². The van der Waals surface area contributed by atoms with Crippen LogP contribution in [0.1, 0.15) is 6.92 Å². The van der Waals surface area contributed by atoms with Crippen LogP contribution in [0.3, 0.4) is 0 Å². The van der Waals surface area contributed by atoms with E-state index in [0.717, 1.165) is 6.54 Å². The average Bonchev–Trinajstić information content (AvgIpc) is 1.83. The summed E-state index contributed by atoms with van der Waals surface area (Å²) in [5.41, 5.74) is 0. The average molecular weight is 146 g/mol. The lowest BCUT2D eigenvalue weighted by Gasteiger charge is -2.29. The summed E-state index contributed by atoms with van der Waals surface area (Å²) in [7, 11) is 2.43. The molecule has 0 aromatic heterocycles. The van der Waals surface area contributed by atoms with Gasteiger partial charge in [-0.25, -0.2) is 0 Å². The molecule has 0 spiro atoms. The molecule has 1 fully saturated rings. The number of hydrogen-bond donors (Lipinski definition) is 1. The first-order chi connectivity index (χ1) is 4.22. The number of carbonyl (C=O) groups is 1. The normalized spacial score (nSPS) is 28.9. The Morgan fingerprint density at radius 1 is 1.89 bits per heavy atom. The minimum absolute atomic E-state index is 0.152. The van der Waals surface area contributed by atoms with E-state index >= 15 is 0 Å². The Kier molecular flexibility index (Phi) is 2.04. The molecule has 1 saturated heterocycles. The highest BCUT2D eigenvalue weighted by molar-refractivity contribution is 7.14. The Morgan fingerprint density at radius 2 is 2.56 bits per heavy atom. The van der Waals surface area contributed by atoms with E-state index in [-0.39, 0.29) is 5.91 Å². The van der Waals surface area contributed by atoms with Crippen molar-refractivity contribution in [2.75, 3.05) is 13.1 Å². The van der Waals surface area contributed by atoms with Crippen molar-refractivity contribution in [2.45, 2.75) is 13.0 Å². The summed E-state index contributed by atoms with van der Waals surface area (Å²) in [6, 6.07) is 0.316. The van der Waals surface area contributed by atoms with Crippen molar-refractivity contribution >= 4 is 15.3 Å². The molecule has 9 heavy (non-hydrogen) atoms. The second-order valence-corrected chi connectivity index (χ2v) is 2.84. The lowest BCUT2D eigenvalue weighted by atomic mass is 10.3. The Balaban J connectivity index is 2.51. The van der Waals surface area contributed by atoms with Gasteiger partial charge in [-0.05, 0) is 16.3 Å². The molecule has 0 bridgehead atoms. The highest BCUT2D eigenvalue weighted by atomic mass is 31.0. The SMILES string of the molecule is C[C@@H]1CNCC(=O)N1P. The van der Waals surface area contributed by atoms with Gasteiger partial charge in [0, 0.05) is 12.6 Å². The van der Waals surface area contributed by atoms with E-state index in [9.17, 15) is 4.79 Å². The van der Waals surface area contributed by atoms with Crippen LogP contribution in [0, 0.1) is 0 Å². The zero-order chi connectivity index (χ0) is 6.85. The third-order valence-electron chi connectivity index (χ3n) is 1.48. The van der Waals surface area contributed by atoms with E-state index in [2.05, 4.69) is 14.7 Å². The molecule has 0 saturated carbocycles. The van der Waals surface area contributed by atoms with Crippen LogP contribution in [-0.2, 0) is 4.79 Å². The maximum Gasteiger partial charge on any atom is 0.239 e. The van der Waals surface area contributed by atoms with Gasteiger partial charge >= 0.3 is 0 Å². The Hall–Kier alpha value is -0.140. The molecular weight excluding hydrogens is 135 g/mol. The van der Waals surface area contributed by atoms with Crippen LogP contribution in [0.4, 0.5) is 0 Å². The van der Waals surface area contributed by atoms with Crippen LogP contribution in [0.2, 0.25) is 0 Å². The summed E-state index contributed by atoms with van der Waals surface area (Å²) in [5, 5.41) is 3.01. The summed E-state index contributed by atoms with van der Waals surface area (Å²) in [6.07, 6.45) is 0. The van der Waals surface area contributed by atoms with Crippen LogP contribution < -0.4 is 5.32 Å². The summed E-state index contributed by atoms with van der Waals surface area (Å²) in [4.78, 5) is 10.8. The number of nitrogens with one attached hydrogen (secondary N) is 1. The number of rotatable bonds is 0. The molecule has 1 unspecified atom stereocenters. The van der Waals surface area contributed by atoms with E-state index in [0.29, 0.717) is 12.6 Å². The number of hydrogen-bond acceptors (Lipinski definition) is 2. The number of nitrogens with zero attached hydrogens (tertiary/aromatic N) is 1. The lowest BCUT2D eigenvalue weighted by Crippen LogP contribution is -2.48. The second kappa shape index (κ2) is 2.63. The molecule has 3 nitrogen and oxygen atoms in total. The lowest BCUT2D eigenvalue weighted by molar-refractivity contribution is -0.128. The largest absolute Gasteiger partial charge is 0.322 e. The molecule has 52 valence electrons. The molecule has 2 atom stereocenters. The van der Waals surface area contributed by atoms with Gasteiger partial charge in [-0.2, -0.15) is 0 Å². The molecule has 1 aliphatic heterocycles. The fourth-order valence-corrected chi connectivity index (χ4v) is 1.02. The van der Waals surface area contributed by atoms with Gasteiger partial charge in [-0.3, -0.25) is 4.79 Å². The molecule has 0 aromatic carbocycles. The predicted octanol–water partition coefficient (Wildman–Crippen LogP) is -0.403. The first-order valence-corrected chi connectivity index (χ1v) is 3.51. The number of amides is 1. The first-order valence-electron chi connectivity index (χ1n) is 2.99. The van der Waals surface area contributed by atoms with Crippen molar-refractivity contribution in [1.82, 2.24) is 9.99 Å².